The van der Waals surface area contributed by atoms with Gasteiger partial charge in [-0.1, -0.05) is 50.0 Å². The topological polar surface area (TPSA) is 32.3 Å². The van der Waals surface area contributed by atoms with Crippen LogP contribution in [0.5, 0.6) is 0 Å². The normalized spacial score (nSPS) is 19.6. The number of nitrogens with zero attached hydrogens (tertiary/aromatic N) is 1. The maximum atomic E-state index is 12.4. The zero-order chi connectivity index (χ0) is 17.0. The van der Waals surface area contributed by atoms with Crippen LogP contribution in [0.4, 0.5) is 0 Å². The lowest BCUT2D eigenvalue weighted by Gasteiger charge is -2.32. The number of likely N-dealkylation sites (tertiary alicyclic amines) is 1. The first-order chi connectivity index (χ1) is 10.7. The van der Waals surface area contributed by atoms with Crippen molar-refractivity contribution >= 4 is 29.1 Å². The zero-order valence-electron chi connectivity index (χ0n) is 14.2. The summed E-state index contributed by atoms with van der Waals surface area (Å²) in [6.45, 7) is 9.65. The van der Waals surface area contributed by atoms with Crippen molar-refractivity contribution in [2.45, 2.75) is 40.2 Å². The highest BCUT2D eigenvalue weighted by Crippen LogP contribution is 2.25. The van der Waals surface area contributed by atoms with E-state index in [1.54, 1.807) is 6.07 Å². The zero-order valence-corrected chi connectivity index (χ0v) is 15.7. The van der Waals surface area contributed by atoms with Crippen molar-refractivity contribution in [3.8, 4) is 0 Å². The summed E-state index contributed by atoms with van der Waals surface area (Å²) in [6.07, 6.45) is 2.00. The van der Waals surface area contributed by atoms with Gasteiger partial charge in [-0.25, -0.2) is 0 Å². The second-order valence-electron chi connectivity index (χ2n) is 7.59. The molecule has 1 N–H and O–H groups in total. The molecule has 3 nitrogen and oxygen atoms in total. The number of amides is 1. The predicted octanol–water partition coefficient (Wildman–Crippen LogP) is 4.37. The lowest BCUT2D eigenvalue weighted by atomic mass is 9.94. The molecule has 0 aromatic heterocycles. The highest BCUT2D eigenvalue weighted by molar-refractivity contribution is 6.35. The minimum Gasteiger partial charge on any atom is -0.355 e. The summed E-state index contributed by atoms with van der Waals surface area (Å²) < 4.78 is 0. The maximum absolute atomic E-state index is 12.4. The quantitative estimate of drug-likeness (QED) is 0.868. The third kappa shape index (κ3) is 5.98. The van der Waals surface area contributed by atoms with Crippen LogP contribution in [0.1, 0.15) is 39.2 Å². The number of piperidine rings is 1. The monoisotopic (exact) mass is 356 g/mol. The largest absolute Gasteiger partial charge is 0.355 e. The number of hydrogen-bond donors (Lipinski definition) is 1. The number of carbonyl (C=O) groups is 1. The molecule has 0 saturated carbocycles. The van der Waals surface area contributed by atoms with Crippen molar-refractivity contribution in [2.24, 2.45) is 11.3 Å². The Labute approximate surface area is 149 Å². The van der Waals surface area contributed by atoms with E-state index in [4.69, 9.17) is 23.2 Å². The first kappa shape index (κ1) is 18.6. The maximum Gasteiger partial charge on any atom is 0.224 e. The predicted molar refractivity (Wildman–Crippen MR) is 96.9 cm³/mol. The molecule has 2 rings (SSSR count). The van der Waals surface area contributed by atoms with Crippen LogP contribution in [0.2, 0.25) is 10.0 Å². The first-order valence-corrected chi connectivity index (χ1v) is 8.94. The Bertz CT molecular complexity index is 554. The summed E-state index contributed by atoms with van der Waals surface area (Å²) in [5, 5.41) is 4.43. The van der Waals surface area contributed by atoms with Crippen LogP contribution in [-0.2, 0) is 11.3 Å². The van der Waals surface area contributed by atoms with Gasteiger partial charge in [0.25, 0.3) is 0 Å². The average Bonchev–Trinajstić information content (AvgIpc) is 2.47. The average molecular weight is 357 g/mol. The third-order valence-corrected chi connectivity index (χ3v) is 4.67. The van der Waals surface area contributed by atoms with E-state index in [-0.39, 0.29) is 17.2 Å². The van der Waals surface area contributed by atoms with Gasteiger partial charge in [0.15, 0.2) is 0 Å². The fraction of sp³-hybridized carbons (Fsp3) is 0.611. The van der Waals surface area contributed by atoms with E-state index in [0.29, 0.717) is 16.6 Å². The van der Waals surface area contributed by atoms with Crippen molar-refractivity contribution in [3.63, 3.8) is 0 Å². The Morgan fingerprint density at radius 1 is 1.35 bits per heavy atom. The Kier molecular flexibility index (Phi) is 6.35. The lowest BCUT2D eigenvalue weighted by molar-refractivity contribution is -0.127. The van der Waals surface area contributed by atoms with Crippen LogP contribution < -0.4 is 5.32 Å². The Morgan fingerprint density at radius 3 is 2.74 bits per heavy atom. The van der Waals surface area contributed by atoms with Crippen molar-refractivity contribution < 1.29 is 4.79 Å². The molecule has 1 amide bonds. The number of rotatable bonds is 4. The Balaban J connectivity index is 1.91. The van der Waals surface area contributed by atoms with E-state index in [9.17, 15) is 4.79 Å². The third-order valence-electron chi connectivity index (χ3n) is 4.08. The molecule has 1 atom stereocenters. The van der Waals surface area contributed by atoms with Crippen molar-refractivity contribution in [1.29, 1.82) is 0 Å². The molecule has 1 aliphatic heterocycles. The molecule has 1 unspecified atom stereocenters. The van der Waals surface area contributed by atoms with Gasteiger partial charge in [0, 0.05) is 29.7 Å². The summed E-state index contributed by atoms with van der Waals surface area (Å²) in [5.74, 6) is 0.240. The van der Waals surface area contributed by atoms with E-state index in [1.165, 1.54) is 0 Å². The van der Waals surface area contributed by atoms with Gasteiger partial charge in [-0.05, 0) is 42.5 Å². The summed E-state index contributed by atoms with van der Waals surface area (Å²) >= 11 is 12.2. The van der Waals surface area contributed by atoms with Gasteiger partial charge < -0.3 is 5.32 Å². The van der Waals surface area contributed by atoms with Gasteiger partial charge in [0.2, 0.25) is 5.91 Å². The fourth-order valence-corrected chi connectivity index (χ4v) is 3.27. The molecule has 5 heteroatoms. The van der Waals surface area contributed by atoms with Gasteiger partial charge >= 0.3 is 0 Å². The molecule has 0 radical (unpaired) electrons. The number of benzene rings is 1. The Morgan fingerprint density at radius 2 is 2.09 bits per heavy atom. The van der Waals surface area contributed by atoms with Crippen LogP contribution in [0.3, 0.4) is 0 Å². The van der Waals surface area contributed by atoms with Gasteiger partial charge in [-0.15, -0.1) is 0 Å². The van der Waals surface area contributed by atoms with Gasteiger partial charge in [0.1, 0.15) is 0 Å². The van der Waals surface area contributed by atoms with Crippen LogP contribution in [0.15, 0.2) is 18.2 Å². The second-order valence-corrected chi connectivity index (χ2v) is 8.43. The van der Waals surface area contributed by atoms with E-state index >= 15 is 0 Å². The van der Waals surface area contributed by atoms with E-state index < -0.39 is 0 Å². The molecule has 0 aliphatic carbocycles. The molecule has 1 aromatic carbocycles. The SMILES string of the molecule is CC(C)(C)CNC(=O)C1CCCN(Cc2ccc(Cl)cc2Cl)C1. The summed E-state index contributed by atoms with van der Waals surface area (Å²) in [6, 6.07) is 5.60. The molecule has 1 saturated heterocycles. The van der Waals surface area contributed by atoms with Crippen LogP contribution in [-0.4, -0.2) is 30.4 Å². The van der Waals surface area contributed by atoms with Crippen LogP contribution in [0.25, 0.3) is 0 Å². The first-order valence-electron chi connectivity index (χ1n) is 8.18. The van der Waals surface area contributed by atoms with Crippen molar-refractivity contribution in [1.82, 2.24) is 10.2 Å². The lowest BCUT2D eigenvalue weighted by Crippen LogP contribution is -2.44. The summed E-state index contributed by atoms with van der Waals surface area (Å²) in [5.41, 5.74) is 1.17. The molecule has 1 aliphatic rings. The number of hydrogen-bond acceptors (Lipinski definition) is 2. The van der Waals surface area contributed by atoms with Crippen molar-refractivity contribution in [3.05, 3.63) is 33.8 Å². The highest BCUT2D eigenvalue weighted by Gasteiger charge is 2.26. The second kappa shape index (κ2) is 7.87. The minimum absolute atomic E-state index is 0.0668. The van der Waals surface area contributed by atoms with Crippen molar-refractivity contribution in [2.75, 3.05) is 19.6 Å². The summed E-state index contributed by atoms with van der Waals surface area (Å²) in [4.78, 5) is 14.7. The van der Waals surface area contributed by atoms with E-state index in [2.05, 4.69) is 31.0 Å². The van der Waals surface area contributed by atoms with Crippen LogP contribution >= 0.6 is 23.2 Å². The molecular weight excluding hydrogens is 331 g/mol. The standard InChI is InChI=1S/C18H26Cl2N2O/c1-18(2,3)12-21-17(23)14-5-4-8-22(11-14)10-13-6-7-15(19)9-16(13)20/h6-7,9,14H,4-5,8,10-12H2,1-3H3,(H,21,23). The molecule has 0 bridgehead atoms. The minimum atomic E-state index is 0.0668. The molecule has 1 heterocycles. The number of halogens is 2. The fourth-order valence-electron chi connectivity index (χ4n) is 2.80. The van der Waals surface area contributed by atoms with E-state index in [1.807, 2.05) is 12.1 Å². The van der Waals surface area contributed by atoms with Crippen LogP contribution in [0, 0.1) is 11.3 Å². The van der Waals surface area contributed by atoms with Gasteiger partial charge in [-0.3, -0.25) is 9.69 Å². The molecular formula is C18H26Cl2N2O. The molecule has 1 fully saturated rings. The summed E-state index contributed by atoms with van der Waals surface area (Å²) in [7, 11) is 0. The number of carbonyl (C=O) groups excluding carboxylic acids is 1. The molecule has 0 spiro atoms. The number of nitrogens with one attached hydrogen (secondary N) is 1. The van der Waals surface area contributed by atoms with E-state index in [0.717, 1.165) is 38.0 Å². The molecule has 23 heavy (non-hydrogen) atoms. The van der Waals surface area contributed by atoms with Gasteiger partial charge in [-0.2, -0.15) is 0 Å². The smallest absolute Gasteiger partial charge is 0.224 e. The molecule has 128 valence electrons. The molecule has 1 aromatic rings. The van der Waals surface area contributed by atoms with Gasteiger partial charge in [0.05, 0.1) is 5.92 Å². The Hall–Kier alpha value is -0.770. The highest BCUT2D eigenvalue weighted by atomic mass is 35.5.